The van der Waals surface area contributed by atoms with Crippen molar-refractivity contribution in [2.45, 2.75) is 18.0 Å². The van der Waals surface area contributed by atoms with E-state index in [0.717, 1.165) is 35.5 Å². The molecule has 1 atom stereocenters. The summed E-state index contributed by atoms with van der Waals surface area (Å²) in [6.07, 6.45) is 0. The number of benzene rings is 3. The Labute approximate surface area is 214 Å². The maximum absolute atomic E-state index is 13.3. The zero-order valence-electron chi connectivity index (χ0n) is 19.6. The molecule has 1 amide bonds. The normalized spacial score (nSPS) is 18.6. The number of piperazine rings is 1. The van der Waals surface area contributed by atoms with Crippen LogP contribution in [0.3, 0.4) is 0 Å². The van der Waals surface area contributed by atoms with Crippen molar-refractivity contribution in [2.24, 2.45) is 5.73 Å². The molecule has 0 aromatic heterocycles. The monoisotopic (exact) mass is 501 g/mol. The van der Waals surface area contributed by atoms with Gasteiger partial charge in [-0.25, -0.2) is 0 Å². The van der Waals surface area contributed by atoms with Gasteiger partial charge >= 0.3 is 0 Å². The third-order valence-electron chi connectivity index (χ3n) is 6.65. The molecule has 1 saturated heterocycles. The Bertz CT molecular complexity index is 1010. The molecule has 0 spiro atoms. The predicted molar refractivity (Wildman–Crippen MR) is 142 cm³/mol. The standard InChI is InChI=1S/C27H31N3O2.2ClH/c1-29-17-18-30(19-23-15-9-10-16-24(23)32-2)20-27(29,26(28)31)25(21-11-5-3-6-12-21)22-13-7-4-8-14-22;;/h3-16,25H,17-20H2,1-2H3,(H2,28,31);2*1H. The number of hydrogen-bond donors (Lipinski definition) is 1. The Morgan fingerprint density at radius 3 is 1.97 bits per heavy atom. The molecule has 4 rings (SSSR count). The molecule has 0 radical (unpaired) electrons. The zero-order chi connectivity index (χ0) is 22.6. The van der Waals surface area contributed by atoms with Gasteiger partial charge in [-0.3, -0.25) is 14.6 Å². The quantitative estimate of drug-likeness (QED) is 0.522. The fourth-order valence-electron chi connectivity index (χ4n) is 5.00. The molecule has 1 aliphatic rings. The van der Waals surface area contributed by atoms with Gasteiger partial charge in [0.1, 0.15) is 11.3 Å². The molecule has 3 aromatic rings. The number of likely N-dealkylation sites (N-methyl/N-ethyl adjacent to an activating group) is 1. The van der Waals surface area contributed by atoms with Gasteiger partial charge in [0.05, 0.1) is 7.11 Å². The first-order valence-electron chi connectivity index (χ1n) is 11.0. The largest absolute Gasteiger partial charge is 0.496 e. The van der Waals surface area contributed by atoms with E-state index in [2.05, 4.69) is 40.1 Å². The molecule has 2 N–H and O–H groups in total. The molecule has 1 heterocycles. The van der Waals surface area contributed by atoms with Gasteiger partial charge in [0, 0.05) is 37.7 Å². The summed E-state index contributed by atoms with van der Waals surface area (Å²) in [5, 5.41) is 0. The summed E-state index contributed by atoms with van der Waals surface area (Å²) in [7, 11) is 3.71. The SMILES string of the molecule is COc1ccccc1CN1CCN(C)C(C(N)=O)(C(c2ccccc2)c2ccccc2)C1.Cl.Cl. The van der Waals surface area contributed by atoms with Crippen LogP contribution in [0.2, 0.25) is 0 Å². The first kappa shape index (κ1) is 27.7. The first-order chi connectivity index (χ1) is 15.6. The number of rotatable bonds is 7. The molecule has 34 heavy (non-hydrogen) atoms. The second-order valence-corrected chi connectivity index (χ2v) is 8.49. The molecule has 1 fully saturated rings. The molecular formula is C27H33Cl2N3O2. The van der Waals surface area contributed by atoms with E-state index < -0.39 is 5.54 Å². The Morgan fingerprint density at radius 1 is 0.912 bits per heavy atom. The number of ether oxygens (including phenoxy) is 1. The maximum Gasteiger partial charge on any atom is 0.240 e. The predicted octanol–water partition coefficient (Wildman–Crippen LogP) is 4.34. The van der Waals surface area contributed by atoms with Crippen LogP contribution in [0.5, 0.6) is 5.75 Å². The van der Waals surface area contributed by atoms with Crippen LogP contribution in [0.15, 0.2) is 84.9 Å². The van der Waals surface area contributed by atoms with E-state index in [1.807, 2.05) is 61.6 Å². The van der Waals surface area contributed by atoms with Crippen LogP contribution < -0.4 is 10.5 Å². The van der Waals surface area contributed by atoms with E-state index in [-0.39, 0.29) is 36.6 Å². The van der Waals surface area contributed by atoms with Gasteiger partial charge in [-0.05, 0) is 24.2 Å². The molecule has 7 heteroatoms. The van der Waals surface area contributed by atoms with Crippen LogP contribution in [0.25, 0.3) is 0 Å². The number of carbonyl (C=O) groups is 1. The fraction of sp³-hybridized carbons (Fsp3) is 0.296. The summed E-state index contributed by atoms with van der Waals surface area (Å²) >= 11 is 0. The Kier molecular flexibility index (Phi) is 9.95. The maximum atomic E-state index is 13.3. The van der Waals surface area contributed by atoms with Gasteiger partial charge in [0.15, 0.2) is 0 Å². The van der Waals surface area contributed by atoms with Crippen molar-refractivity contribution in [3.8, 4) is 5.75 Å². The fourth-order valence-corrected chi connectivity index (χ4v) is 5.00. The molecule has 1 unspecified atom stereocenters. The number of carbonyl (C=O) groups excluding carboxylic acids is 1. The molecule has 182 valence electrons. The van der Waals surface area contributed by atoms with Gasteiger partial charge in [-0.1, -0.05) is 78.9 Å². The van der Waals surface area contributed by atoms with Crippen molar-refractivity contribution < 1.29 is 9.53 Å². The number of methoxy groups -OCH3 is 1. The lowest BCUT2D eigenvalue weighted by molar-refractivity contribution is -0.135. The van der Waals surface area contributed by atoms with Crippen molar-refractivity contribution in [2.75, 3.05) is 33.8 Å². The highest BCUT2D eigenvalue weighted by atomic mass is 35.5. The zero-order valence-corrected chi connectivity index (χ0v) is 21.2. The average molecular weight is 502 g/mol. The molecule has 0 bridgehead atoms. The third kappa shape index (κ3) is 5.39. The molecule has 1 aliphatic heterocycles. The van der Waals surface area contributed by atoms with Crippen LogP contribution in [0.1, 0.15) is 22.6 Å². The van der Waals surface area contributed by atoms with E-state index in [0.29, 0.717) is 13.1 Å². The molecule has 5 nitrogen and oxygen atoms in total. The summed E-state index contributed by atoms with van der Waals surface area (Å²) < 4.78 is 5.56. The number of nitrogens with two attached hydrogens (primary N) is 1. The molecule has 3 aromatic carbocycles. The minimum absolute atomic E-state index is 0. The highest BCUT2D eigenvalue weighted by Crippen LogP contribution is 2.41. The van der Waals surface area contributed by atoms with Gasteiger partial charge in [-0.15, -0.1) is 24.8 Å². The van der Waals surface area contributed by atoms with Gasteiger partial charge in [-0.2, -0.15) is 0 Å². The van der Waals surface area contributed by atoms with Crippen LogP contribution in [-0.4, -0.2) is 55.0 Å². The average Bonchev–Trinajstić information content (AvgIpc) is 2.83. The second kappa shape index (κ2) is 12.2. The summed E-state index contributed by atoms with van der Waals surface area (Å²) in [4.78, 5) is 17.8. The number of amides is 1. The van der Waals surface area contributed by atoms with Gasteiger partial charge < -0.3 is 10.5 Å². The lowest BCUT2D eigenvalue weighted by Gasteiger charge is -2.51. The second-order valence-electron chi connectivity index (χ2n) is 8.49. The number of nitrogens with zero attached hydrogens (tertiary/aromatic N) is 2. The van der Waals surface area contributed by atoms with Crippen molar-refractivity contribution in [1.82, 2.24) is 9.80 Å². The van der Waals surface area contributed by atoms with E-state index in [9.17, 15) is 4.79 Å². The van der Waals surface area contributed by atoms with Crippen LogP contribution in [-0.2, 0) is 11.3 Å². The summed E-state index contributed by atoms with van der Waals surface area (Å²) in [6.45, 7) is 2.82. The summed E-state index contributed by atoms with van der Waals surface area (Å²) in [5.41, 5.74) is 8.64. The molecular weight excluding hydrogens is 469 g/mol. The Morgan fingerprint density at radius 2 is 1.44 bits per heavy atom. The highest BCUT2D eigenvalue weighted by molar-refractivity contribution is 5.87. The minimum atomic E-state index is -0.886. The Hall–Kier alpha value is -2.57. The number of halogens is 2. The molecule has 0 aliphatic carbocycles. The van der Waals surface area contributed by atoms with Crippen molar-refractivity contribution in [3.05, 3.63) is 102 Å². The lowest BCUT2D eigenvalue weighted by atomic mass is 9.72. The van der Waals surface area contributed by atoms with Crippen molar-refractivity contribution in [1.29, 1.82) is 0 Å². The number of primary amides is 1. The van der Waals surface area contributed by atoms with E-state index >= 15 is 0 Å². The van der Waals surface area contributed by atoms with Crippen molar-refractivity contribution >= 4 is 30.7 Å². The molecule has 0 saturated carbocycles. The van der Waals surface area contributed by atoms with Gasteiger partial charge in [0.25, 0.3) is 0 Å². The summed E-state index contributed by atoms with van der Waals surface area (Å²) in [6, 6.07) is 28.5. The first-order valence-corrected chi connectivity index (χ1v) is 11.0. The van der Waals surface area contributed by atoms with Gasteiger partial charge in [0.2, 0.25) is 5.91 Å². The highest BCUT2D eigenvalue weighted by Gasteiger charge is 2.52. The van der Waals surface area contributed by atoms with Crippen LogP contribution >= 0.6 is 24.8 Å². The summed E-state index contributed by atoms with van der Waals surface area (Å²) in [5.74, 6) is 0.370. The third-order valence-corrected chi connectivity index (χ3v) is 6.65. The van der Waals surface area contributed by atoms with Crippen molar-refractivity contribution in [3.63, 3.8) is 0 Å². The topological polar surface area (TPSA) is 58.8 Å². The lowest BCUT2D eigenvalue weighted by Crippen LogP contribution is -2.69. The van der Waals surface area contributed by atoms with Crippen LogP contribution in [0, 0.1) is 0 Å². The van der Waals surface area contributed by atoms with E-state index in [1.54, 1.807) is 7.11 Å². The number of hydrogen-bond acceptors (Lipinski definition) is 4. The van der Waals surface area contributed by atoms with Crippen LogP contribution in [0.4, 0.5) is 0 Å². The number of para-hydroxylation sites is 1. The Balaban J connectivity index is 0.00000204. The minimum Gasteiger partial charge on any atom is -0.496 e. The smallest absolute Gasteiger partial charge is 0.240 e. The van der Waals surface area contributed by atoms with E-state index in [1.165, 1.54) is 0 Å². The van der Waals surface area contributed by atoms with E-state index in [4.69, 9.17) is 10.5 Å².